The average Bonchev–Trinajstić information content (AvgIpc) is 2.86. The van der Waals surface area contributed by atoms with E-state index in [-0.39, 0.29) is 11.3 Å². The Kier molecular flexibility index (Phi) is 4.38. The molecule has 0 bridgehead atoms. The Balaban J connectivity index is 1.98. The van der Waals surface area contributed by atoms with Crippen molar-refractivity contribution in [3.8, 4) is 0 Å². The average molecular weight is 311 g/mol. The topological polar surface area (TPSA) is 42.0 Å². The fourth-order valence-corrected chi connectivity index (χ4v) is 3.33. The SMILES string of the molecule is Cc1ncccc1C(=O)NCC1(CBr)CCCC1. The number of rotatable bonds is 4. The van der Waals surface area contributed by atoms with Crippen molar-refractivity contribution in [2.75, 3.05) is 11.9 Å². The first-order chi connectivity index (χ1) is 8.67. The summed E-state index contributed by atoms with van der Waals surface area (Å²) in [5.41, 5.74) is 1.72. The monoisotopic (exact) mass is 310 g/mol. The van der Waals surface area contributed by atoms with Crippen molar-refractivity contribution in [3.63, 3.8) is 0 Å². The number of aryl methyl sites for hydroxylation is 1. The lowest BCUT2D eigenvalue weighted by Crippen LogP contribution is -2.37. The lowest BCUT2D eigenvalue weighted by Gasteiger charge is -2.26. The van der Waals surface area contributed by atoms with Gasteiger partial charge >= 0.3 is 0 Å². The molecule has 4 heteroatoms. The molecule has 1 N–H and O–H groups in total. The maximum atomic E-state index is 12.1. The van der Waals surface area contributed by atoms with Crippen LogP contribution >= 0.6 is 15.9 Å². The van der Waals surface area contributed by atoms with E-state index in [1.54, 1.807) is 12.3 Å². The summed E-state index contributed by atoms with van der Waals surface area (Å²) in [6.45, 7) is 2.62. The zero-order chi connectivity index (χ0) is 13.0. The third kappa shape index (κ3) is 2.91. The van der Waals surface area contributed by atoms with E-state index in [1.807, 2.05) is 13.0 Å². The Labute approximate surface area is 117 Å². The number of nitrogens with one attached hydrogen (secondary N) is 1. The highest BCUT2D eigenvalue weighted by Gasteiger charge is 2.33. The molecular weight excluding hydrogens is 292 g/mol. The van der Waals surface area contributed by atoms with Gasteiger partial charge in [0.25, 0.3) is 5.91 Å². The molecule has 0 radical (unpaired) electrons. The van der Waals surface area contributed by atoms with Crippen LogP contribution in [0.25, 0.3) is 0 Å². The Bertz CT molecular complexity index is 428. The maximum absolute atomic E-state index is 12.1. The van der Waals surface area contributed by atoms with Crippen LogP contribution < -0.4 is 5.32 Å². The van der Waals surface area contributed by atoms with Crippen molar-refractivity contribution in [1.82, 2.24) is 10.3 Å². The maximum Gasteiger partial charge on any atom is 0.253 e. The lowest BCUT2D eigenvalue weighted by molar-refractivity contribution is 0.0934. The third-order valence-electron chi connectivity index (χ3n) is 3.82. The first-order valence-electron chi connectivity index (χ1n) is 6.43. The normalized spacial score (nSPS) is 17.7. The van der Waals surface area contributed by atoms with Crippen LogP contribution in [0.5, 0.6) is 0 Å². The number of halogens is 1. The second kappa shape index (κ2) is 5.83. The van der Waals surface area contributed by atoms with Gasteiger partial charge in [-0.15, -0.1) is 0 Å². The van der Waals surface area contributed by atoms with Crippen LogP contribution in [-0.4, -0.2) is 22.8 Å². The smallest absolute Gasteiger partial charge is 0.253 e. The second-order valence-electron chi connectivity index (χ2n) is 5.16. The van der Waals surface area contributed by atoms with E-state index in [1.165, 1.54) is 25.7 Å². The van der Waals surface area contributed by atoms with E-state index in [2.05, 4.69) is 26.2 Å². The number of alkyl halides is 1. The van der Waals surface area contributed by atoms with Gasteiger partial charge in [0, 0.05) is 23.8 Å². The summed E-state index contributed by atoms with van der Waals surface area (Å²) in [4.78, 5) is 16.3. The molecule has 98 valence electrons. The van der Waals surface area contributed by atoms with Crippen molar-refractivity contribution >= 4 is 21.8 Å². The number of hydrogen-bond donors (Lipinski definition) is 1. The summed E-state index contributed by atoms with van der Waals surface area (Å²) >= 11 is 3.59. The van der Waals surface area contributed by atoms with Crippen LogP contribution in [-0.2, 0) is 0 Å². The second-order valence-corrected chi connectivity index (χ2v) is 5.72. The fraction of sp³-hybridized carbons (Fsp3) is 0.571. The molecule has 0 saturated heterocycles. The van der Waals surface area contributed by atoms with E-state index >= 15 is 0 Å². The van der Waals surface area contributed by atoms with Crippen LogP contribution in [0.15, 0.2) is 18.3 Å². The van der Waals surface area contributed by atoms with Crippen LogP contribution in [0, 0.1) is 12.3 Å². The number of aromatic nitrogens is 1. The minimum Gasteiger partial charge on any atom is -0.351 e. The van der Waals surface area contributed by atoms with Gasteiger partial charge in [0.05, 0.1) is 5.56 Å². The number of nitrogens with zero attached hydrogens (tertiary/aromatic N) is 1. The van der Waals surface area contributed by atoms with Gasteiger partial charge in [-0.1, -0.05) is 28.8 Å². The Hall–Kier alpha value is -0.900. The van der Waals surface area contributed by atoms with Gasteiger partial charge in [-0.05, 0) is 37.3 Å². The molecule has 18 heavy (non-hydrogen) atoms. The van der Waals surface area contributed by atoms with Gasteiger partial charge in [0.15, 0.2) is 0 Å². The molecule has 0 atom stereocenters. The summed E-state index contributed by atoms with van der Waals surface area (Å²) in [5.74, 6) is -0.00664. The van der Waals surface area contributed by atoms with E-state index in [9.17, 15) is 4.79 Å². The molecule has 0 spiro atoms. The van der Waals surface area contributed by atoms with Gasteiger partial charge in [-0.2, -0.15) is 0 Å². The van der Waals surface area contributed by atoms with Gasteiger partial charge in [-0.3, -0.25) is 9.78 Å². The standard InChI is InChI=1S/C14H19BrN2O/c1-11-12(5-4-8-16-11)13(18)17-10-14(9-15)6-2-3-7-14/h4-5,8H,2-3,6-7,9-10H2,1H3,(H,17,18). The summed E-state index contributed by atoms with van der Waals surface area (Å²) in [6, 6.07) is 3.63. The first kappa shape index (κ1) is 13.5. The van der Waals surface area contributed by atoms with Crippen molar-refractivity contribution < 1.29 is 4.79 Å². The largest absolute Gasteiger partial charge is 0.351 e. The molecule has 1 aliphatic rings. The molecule has 0 aliphatic heterocycles. The van der Waals surface area contributed by atoms with Gasteiger partial charge in [0.1, 0.15) is 0 Å². The molecule has 1 aromatic heterocycles. The van der Waals surface area contributed by atoms with Crippen molar-refractivity contribution in [3.05, 3.63) is 29.6 Å². The number of pyridine rings is 1. The molecule has 0 unspecified atom stereocenters. The molecule has 1 fully saturated rings. The molecule has 3 nitrogen and oxygen atoms in total. The van der Waals surface area contributed by atoms with Crippen LogP contribution in [0.1, 0.15) is 41.7 Å². The summed E-state index contributed by atoms with van der Waals surface area (Å²) in [6.07, 6.45) is 6.65. The van der Waals surface area contributed by atoms with E-state index in [0.29, 0.717) is 5.56 Å². The Morgan fingerprint density at radius 3 is 2.83 bits per heavy atom. The van der Waals surface area contributed by atoms with Gasteiger partial charge in [0.2, 0.25) is 0 Å². The minimum atomic E-state index is -0.00664. The summed E-state index contributed by atoms with van der Waals surface area (Å²) in [5, 5.41) is 4.03. The highest BCUT2D eigenvalue weighted by Crippen LogP contribution is 2.38. The van der Waals surface area contributed by atoms with Crippen molar-refractivity contribution in [2.45, 2.75) is 32.6 Å². The fourth-order valence-electron chi connectivity index (χ4n) is 2.57. The van der Waals surface area contributed by atoms with Gasteiger partial charge < -0.3 is 5.32 Å². The highest BCUT2D eigenvalue weighted by molar-refractivity contribution is 9.09. The van der Waals surface area contributed by atoms with Crippen LogP contribution in [0.2, 0.25) is 0 Å². The molecule has 1 amide bonds. The molecule has 0 aromatic carbocycles. The summed E-state index contributed by atoms with van der Waals surface area (Å²) in [7, 11) is 0. The number of carbonyl (C=O) groups excluding carboxylic acids is 1. The molecule has 1 heterocycles. The van der Waals surface area contributed by atoms with Crippen LogP contribution in [0.3, 0.4) is 0 Å². The van der Waals surface area contributed by atoms with Crippen molar-refractivity contribution in [1.29, 1.82) is 0 Å². The number of hydrogen-bond acceptors (Lipinski definition) is 2. The lowest BCUT2D eigenvalue weighted by atomic mass is 9.89. The molecule has 1 aliphatic carbocycles. The van der Waals surface area contributed by atoms with E-state index < -0.39 is 0 Å². The van der Waals surface area contributed by atoms with Gasteiger partial charge in [-0.25, -0.2) is 0 Å². The minimum absolute atomic E-state index is 0.00664. The molecular formula is C14H19BrN2O. The highest BCUT2D eigenvalue weighted by atomic mass is 79.9. The van der Waals surface area contributed by atoms with E-state index in [4.69, 9.17) is 0 Å². The first-order valence-corrected chi connectivity index (χ1v) is 7.55. The zero-order valence-electron chi connectivity index (χ0n) is 10.7. The predicted octanol–water partition coefficient (Wildman–Crippen LogP) is 3.08. The van der Waals surface area contributed by atoms with Crippen LogP contribution in [0.4, 0.5) is 0 Å². The summed E-state index contributed by atoms with van der Waals surface area (Å²) < 4.78 is 0. The third-order valence-corrected chi connectivity index (χ3v) is 5.01. The molecule has 1 aromatic rings. The molecule has 1 saturated carbocycles. The molecule has 2 rings (SSSR count). The zero-order valence-corrected chi connectivity index (χ0v) is 12.3. The van der Waals surface area contributed by atoms with Crippen molar-refractivity contribution in [2.24, 2.45) is 5.41 Å². The number of amides is 1. The Morgan fingerprint density at radius 2 is 2.22 bits per heavy atom. The predicted molar refractivity (Wildman–Crippen MR) is 76.0 cm³/mol. The Morgan fingerprint density at radius 1 is 1.50 bits per heavy atom. The number of carbonyl (C=O) groups is 1. The quantitative estimate of drug-likeness (QED) is 0.868. The van der Waals surface area contributed by atoms with E-state index in [0.717, 1.165) is 17.6 Å².